The molecule has 19 heavy (non-hydrogen) atoms. The van der Waals surface area contributed by atoms with Crippen LogP contribution in [0.15, 0.2) is 0 Å². The molecule has 3 nitrogen and oxygen atoms in total. The van der Waals surface area contributed by atoms with Crippen molar-refractivity contribution in [2.24, 2.45) is 22.7 Å². The van der Waals surface area contributed by atoms with Gasteiger partial charge in [-0.3, -0.25) is 4.55 Å². The molecule has 4 rings (SSSR count). The summed E-state index contributed by atoms with van der Waals surface area (Å²) in [4.78, 5) is 0. The molecule has 2 unspecified atom stereocenters. The van der Waals surface area contributed by atoms with Crippen LogP contribution in [0.3, 0.4) is 0 Å². The number of rotatable bonds is 3. The van der Waals surface area contributed by atoms with Crippen molar-refractivity contribution in [3.8, 4) is 0 Å². The molecule has 4 aliphatic rings. The molecule has 6 heteroatoms. The lowest BCUT2D eigenvalue weighted by molar-refractivity contribution is -0.129. The van der Waals surface area contributed by atoms with Crippen LogP contribution in [0, 0.1) is 22.7 Å². The monoisotopic (exact) mass is 294 g/mol. The number of hydrogen-bond donors (Lipinski definition) is 1. The highest BCUT2D eigenvalue weighted by atomic mass is 32.2. The molecule has 4 aliphatic carbocycles. The Balaban J connectivity index is 1.89. The minimum Gasteiger partial charge on any atom is -0.281 e. The second kappa shape index (κ2) is 3.70. The largest absolute Gasteiger partial charge is 0.370 e. The van der Waals surface area contributed by atoms with Crippen LogP contribution >= 0.6 is 0 Å². The minimum atomic E-state index is -5.30. The van der Waals surface area contributed by atoms with E-state index in [1.54, 1.807) is 0 Å². The fourth-order valence-corrected chi connectivity index (χ4v) is 6.15. The Morgan fingerprint density at radius 3 is 2.16 bits per heavy atom. The molecule has 4 bridgehead atoms. The van der Waals surface area contributed by atoms with Gasteiger partial charge >= 0.3 is 15.4 Å². The Hall–Kier alpha value is -0.230. The summed E-state index contributed by atoms with van der Waals surface area (Å²) in [6.07, 6.45) is 4.65. The molecule has 4 fully saturated rings. The Morgan fingerprint density at radius 2 is 1.74 bits per heavy atom. The van der Waals surface area contributed by atoms with E-state index in [9.17, 15) is 17.2 Å². The Labute approximate surface area is 112 Å². The van der Waals surface area contributed by atoms with E-state index in [0.717, 1.165) is 19.3 Å². The second-order valence-corrected chi connectivity index (χ2v) is 9.11. The standard InChI is InChI=1S/C13H20F2O3S/c1-11-3-9-2-10(4-11)6-12(5-9,7-11)8-13(14,15)19(16,17)18/h9-10H,2-8H2,1H3,(H,16,17,18). The SMILES string of the molecule is CC12CC3CC(C1)CC(CC(F)(F)S(=O)(=O)O)(C3)C2. The third-order valence-corrected chi connectivity index (χ3v) is 6.33. The molecule has 0 aliphatic heterocycles. The number of halogens is 2. The molecule has 0 saturated heterocycles. The van der Waals surface area contributed by atoms with Gasteiger partial charge in [-0.15, -0.1) is 0 Å². The van der Waals surface area contributed by atoms with Crippen molar-refractivity contribution in [3.05, 3.63) is 0 Å². The molecule has 110 valence electrons. The molecular weight excluding hydrogens is 274 g/mol. The Kier molecular flexibility index (Phi) is 2.67. The number of hydrogen-bond acceptors (Lipinski definition) is 2. The van der Waals surface area contributed by atoms with Gasteiger partial charge in [0.25, 0.3) is 0 Å². The third kappa shape index (κ3) is 2.20. The fraction of sp³-hybridized carbons (Fsp3) is 1.00. The first-order valence-corrected chi connectivity index (χ1v) is 8.32. The quantitative estimate of drug-likeness (QED) is 0.811. The molecule has 1 N–H and O–H groups in total. The van der Waals surface area contributed by atoms with Gasteiger partial charge in [0.15, 0.2) is 0 Å². The minimum absolute atomic E-state index is 0.0966. The second-order valence-electron chi connectivity index (χ2n) is 7.56. The van der Waals surface area contributed by atoms with Gasteiger partial charge in [-0.2, -0.15) is 17.2 Å². The van der Waals surface area contributed by atoms with E-state index < -0.39 is 27.2 Å². The molecule has 0 spiro atoms. The average Bonchev–Trinajstić information content (AvgIpc) is 2.07. The van der Waals surface area contributed by atoms with Crippen molar-refractivity contribution >= 4 is 10.1 Å². The van der Waals surface area contributed by atoms with Crippen LogP contribution in [-0.4, -0.2) is 18.2 Å². The first-order valence-electron chi connectivity index (χ1n) is 6.88. The summed E-state index contributed by atoms with van der Waals surface area (Å²) >= 11 is 0. The highest BCUT2D eigenvalue weighted by Crippen LogP contribution is 2.67. The first-order chi connectivity index (χ1) is 8.53. The molecule has 4 saturated carbocycles. The lowest BCUT2D eigenvalue weighted by atomic mass is 9.44. The van der Waals surface area contributed by atoms with Crippen molar-refractivity contribution in [2.45, 2.75) is 57.1 Å². The van der Waals surface area contributed by atoms with E-state index in [-0.39, 0.29) is 5.41 Å². The highest BCUT2D eigenvalue weighted by molar-refractivity contribution is 7.86. The molecule has 0 heterocycles. The van der Waals surface area contributed by atoms with Crippen LogP contribution in [-0.2, 0) is 10.1 Å². The molecule has 0 amide bonds. The molecule has 0 aromatic carbocycles. The molecule has 0 aromatic rings. The van der Waals surface area contributed by atoms with Gasteiger partial charge in [-0.1, -0.05) is 6.92 Å². The van der Waals surface area contributed by atoms with Crippen molar-refractivity contribution in [3.63, 3.8) is 0 Å². The predicted molar refractivity (Wildman–Crippen MR) is 66.3 cm³/mol. The van der Waals surface area contributed by atoms with Gasteiger partial charge in [0.1, 0.15) is 0 Å². The van der Waals surface area contributed by atoms with E-state index in [4.69, 9.17) is 4.55 Å². The summed E-state index contributed by atoms with van der Waals surface area (Å²) < 4.78 is 57.9. The van der Waals surface area contributed by atoms with Crippen molar-refractivity contribution in [2.75, 3.05) is 0 Å². The van der Waals surface area contributed by atoms with Crippen molar-refractivity contribution < 1.29 is 21.8 Å². The zero-order valence-electron chi connectivity index (χ0n) is 11.0. The van der Waals surface area contributed by atoms with E-state index in [1.807, 2.05) is 0 Å². The lowest BCUT2D eigenvalue weighted by Crippen LogP contribution is -2.53. The maximum absolute atomic E-state index is 13.7. The van der Waals surface area contributed by atoms with Gasteiger partial charge in [0.05, 0.1) is 0 Å². The summed E-state index contributed by atoms with van der Waals surface area (Å²) in [7, 11) is -5.30. The predicted octanol–water partition coefficient (Wildman–Crippen LogP) is 3.46. The molecular formula is C13H20F2O3S. The van der Waals surface area contributed by atoms with Crippen molar-refractivity contribution in [1.82, 2.24) is 0 Å². The Bertz CT molecular complexity index is 486. The smallest absolute Gasteiger partial charge is 0.281 e. The molecule has 2 atom stereocenters. The van der Waals surface area contributed by atoms with Crippen LogP contribution in [0.2, 0.25) is 0 Å². The van der Waals surface area contributed by atoms with Gasteiger partial charge in [0.2, 0.25) is 0 Å². The molecule has 0 aromatic heterocycles. The maximum Gasteiger partial charge on any atom is 0.370 e. The zero-order valence-corrected chi connectivity index (χ0v) is 11.8. The third-order valence-electron chi connectivity index (χ3n) is 5.43. The van der Waals surface area contributed by atoms with E-state index in [0.29, 0.717) is 31.1 Å². The fourth-order valence-electron chi connectivity index (χ4n) is 5.66. The van der Waals surface area contributed by atoms with Gasteiger partial charge < -0.3 is 0 Å². The van der Waals surface area contributed by atoms with E-state index in [1.165, 1.54) is 0 Å². The number of alkyl halides is 2. The lowest BCUT2D eigenvalue weighted by Gasteiger charge is -2.61. The normalized spacial score (nSPS) is 45.7. The average molecular weight is 294 g/mol. The van der Waals surface area contributed by atoms with Crippen LogP contribution < -0.4 is 0 Å². The zero-order chi connectivity index (χ0) is 14.1. The summed E-state index contributed by atoms with van der Waals surface area (Å²) in [5, 5.41) is -4.00. The first kappa shape index (κ1) is 13.7. The van der Waals surface area contributed by atoms with E-state index in [2.05, 4.69) is 6.92 Å². The van der Waals surface area contributed by atoms with Crippen LogP contribution in [0.25, 0.3) is 0 Å². The van der Waals surface area contributed by atoms with Crippen molar-refractivity contribution in [1.29, 1.82) is 0 Å². The van der Waals surface area contributed by atoms with Gasteiger partial charge in [0, 0.05) is 6.42 Å². The maximum atomic E-state index is 13.7. The van der Waals surface area contributed by atoms with Gasteiger partial charge in [-0.05, 0) is 61.2 Å². The van der Waals surface area contributed by atoms with Gasteiger partial charge in [-0.25, -0.2) is 0 Å². The summed E-state index contributed by atoms with van der Waals surface area (Å²) in [5.41, 5.74) is -0.489. The topological polar surface area (TPSA) is 54.4 Å². The van der Waals surface area contributed by atoms with Crippen LogP contribution in [0.1, 0.15) is 51.9 Å². The summed E-state index contributed by atoms with van der Waals surface area (Å²) in [6.45, 7) is 2.14. The summed E-state index contributed by atoms with van der Waals surface area (Å²) in [5.74, 6) is 0.923. The van der Waals surface area contributed by atoms with Crippen LogP contribution in [0.5, 0.6) is 0 Å². The summed E-state index contributed by atoms with van der Waals surface area (Å²) in [6, 6.07) is 0. The highest BCUT2D eigenvalue weighted by Gasteiger charge is 2.60. The molecule has 0 radical (unpaired) electrons. The Morgan fingerprint density at radius 1 is 1.21 bits per heavy atom. The van der Waals surface area contributed by atoms with E-state index >= 15 is 0 Å². The van der Waals surface area contributed by atoms with Crippen LogP contribution in [0.4, 0.5) is 8.78 Å².